The number of nitrogens with zero attached hydrogens (tertiary/aromatic N) is 1. The monoisotopic (exact) mass is 365 g/mol. The number of carboxylic acid groups (broad SMARTS) is 1. The SMILES string of the molecule is O=C(C[C@@H]([NH2+]Cc1cccnc1)C(=O)[O-])Nc1ccc(OC(F)F)cc1. The van der Waals surface area contributed by atoms with Crippen LogP contribution in [0.5, 0.6) is 5.75 Å². The van der Waals surface area contributed by atoms with Gasteiger partial charge < -0.3 is 25.3 Å². The number of carbonyl (C=O) groups excluding carboxylic acids is 2. The molecule has 0 aliphatic carbocycles. The third-order valence-electron chi connectivity index (χ3n) is 3.43. The predicted octanol–water partition coefficient (Wildman–Crippen LogP) is -0.106. The topological polar surface area (TPSA) is 108 Å². The van der Waals surface area contributed by atoms with E-state index < -0.39 is 24.5 Å². The number of pyridine rings is 1. The van der Waals surface area contributed by atoms with Gasteiger partial charge in [0.25, 0.3) is 0 Å². The van der Waals surface area contributed by atoms with E-state index in [0.717, 1.165) is 5.56 Å². The van der Waals surface area contributed by atoms with Crippen LogP contribution in [0.15, 0.2) is 48.8 Å². The van der Waals surface area contributed by atoms with E-state index in [4.69, 9.17) is 0 Å². The second-order valence-electron chi connectivity index (χ2n) is 5.38. The molecule has 0 aliphatic heterocycles. The van der Waals surface area contributed by atoms with E-state index in [9.17, 15) is 23.5 Å². The third-order valence-corrected chi connectivity index (χ3v) is 3.43. The molecule has 0 bridgehead atoms. The molecular formula is C17H17F2N3O4. The average molecular weight is 365 g/mol. The Bertz CT molecular complexity index is 727. The number of nitrogens with one attached hydrogen (secondary N) is 1. The number of hydrogen-bond acceptors (Lipinski definition) is 5. The standard InChI is InChI=1S/C17H17F2N3O4/c18-17(19)26-13-5-3-12(4-6-13)22-15(23)8-14(16(24)25)21-10-11-2-1-7-20-9-11/h1-7,9,14,17,21H,8,10H2,(H,22,23)(H,24,25)/t14-/m1/s1. The number of rotatable bonds is 9. The second kappa shape index (κ2) is 9.42. The van der Waals surface area contributed by atoms with Crippen molar-refractivity contribution in [3.63, 3.8) is 0 Å². The fourth-order valence-electron chi connectivity index (χ4n) is 2.19. The first-order valence-electron chi connectivity index (χ1n) is 7.72. The molecule has 1 amide bonds. The summed E-state index contributed by atoms with van der Waals surface area (Å²) in [5, 5.41) is 15.2. The highest BCUT2D eigenvalue weighted by Gasteiger charge is 2.18. The molecule has 1 heterocycles. The molecule has 9 heteroatoms. The molecule has 0 saturated carbocycles. The lowest BCUT2D eigenvalue weighted by Gasteiger charge is -2.16. The molecule has 3 N–H and O–H groups in total. The molecule has 0 unspecified atom stereocenters. The Labute approximate surface area is 148 Å². The Morgan fingerprint density at radius 3 is 2.54 bits per heavy atom. The van der Waals surface area contributed by atoms with Crippen LogP contribution in [0, 0.1) is 0 Å². The van der Waals surface area contributed by atoms with Gasteiger partial charge in [-0.3, -0.25) is 9.78 Å². The van der Waals surface area contributed by atoms with Gasteiger partial charge in [0.15, 0.2) is 0 Å². The average Bonchev–Trinajstić information content (AvgIpc) is 2.60. The molecule has 0 spiro atoms. The summed E-state index contributed by atoms with van der Waals surface area (Å²) in [5.74, 6) is -1.94. The van der Waals surface area contributed by atoms with Crippen LogP contribution in [0.4, 0.5) is 14.5 Å². The number of amides is 1. The number of hydrogen-bond donors (Lipinski definition) is 2. The van der Waals surface area contributed by atoms with Crippen LogP contribution in [0.1, 0.15) is 12.0 Å². The van der Waals surface area contributed by atoms with Crippen LogP contribution in [0.3, 0.4) is 0 Å². The van der Waals surface area contributed by atoms with Gasteiger partial charge in [0.1, 0.15) is 18.3 Å². The molecule has 1 atom stereocenters. The van der Waals surface area contributed by atoms with E-state index in [1.165, 1.54) is 29.6 Å². The minimum Gasteiger partial charge on any atom is -0.544 e. The molecule has 26 heavy (non-hydrogen) atoms. The fourth-order valence-corrected chi connectivity index (χ4v) is 2.19. The summed E-state index contributed by atoms with van der Waals surface area (Å²) in [6, 6.07) is 7.74. The number of aromatic nitrogens is 1. The van der Waals surface area contributed by atoms with Gasteiger partial charge in [-0.05, 0) is 30.3 Å². The maximum Gasteiger partial charge on any atom is 0.387 e. The van der Waals surface area contributed by atoms with Crippen LogP contribution in [0.25, 0.3) is 0 Å². The molecule has 0 fully saturated rings. The van der Waals surface area contributed by atoms with Crippen molar-refractivity contribution in [2.75, 3.05) is 5.32 Å². The molecule has 2 rings (SSSR count). The summed E-state index contributed by atoms with van der Waals surface area (Å²) in [5.41, 5.74) is 1.15. The van der Waals surface area contributed by atoms with Crippen molar-refractivity contribution >= 4 is 17.6 Å². The van der Waals surface area contributed by atoms with Crippen molar-refractivity contribution in [3.8, 4) is 5.75 Å². The molecule has 0 aliphatic rings. The Hall–Kier alpha value is -3.07. The number of halogens is 2. The number of carbonyl (C=O) groups is 2. The van der Waals surface area contributed by atoms with Gasteiger partial charge in [0.2, 0.25) is 5.91 Å². The predicted molar refractivity (Wildman–Crippen MR) is 85.0 cm³/mol. The molecule has 7 nitrogen and oxygen atoms in total. The molecular weight excluding hydrogens is 348 g/mol. The molecule has 138 valence electrons. The largest absolute Gasteiger partial charge is 0.544 e. The minimum absolute atomic E-state index is 0.0459. The van der Waals surface area contributed by atoms with Crippen molar-refractivity contribution in [2.24, 2.45) is 0 Å². The first kappa shape index (κ1) is 19.3. The third kappa shape index (κ3) is 6.44. The summed E-state index contributed by atoms with van der Waals surface area (Å²) in [4.78, 5) is 27.2. The quantitative estimate of drug-likeness (QED) is 0.645. The van der Waals surface area contributed by atoms with Gasteiger partial charge in [-0.2, -0.15) is 8.78 Å². The van der Waals surface area contributed by atoms with Crippen LogP contribution >= 0.6 is 0 Å². The highest BCUT2D eigenvalue weighted by atomic mass is 19.3. The lowest BCUT2D eigenvalue weighted by molar-refractivity contribution is -0.697. The number of anilines is 1. The Balaban J connectivity index is 1.87. The van der Waals surface area contributed by atoms with E-state index >= 15 is 0 Å². The number of alkyl halides is 2. The number of nitrogens with two attached hydrogens (primary N) is 1. The van der Waals surface area contributed by atoms with Gasteiger partial charge in [-0.25, -0.2) is 0 Å². The molecule has 0 saturated heterocycles. The highest BCUT2D eigenvalue weighted by molar-refractivity contribution is 5.93. The van der Waals surface area contributed by atoms with Gasteiger partial charge in [-0.15, -0.1) is 0 Å². The van der Waals surface area contributed by atoms with Crippen LogP contribution < -0.4 is 20.5 Å². The molecule has 0 radical (unpaired) electrons. The lowest BCUT2D eigenvalue weighted by atomic mass is 10.1. The van der Waals surface area contributed by atoms with Crippen molar-refractivity contribution in [3.05, 3.63) is 54.4 Å². The molecule has 1 aromatic heterocycles. The van der Waals surface area contributed by atoms with Crippen LogP contribution in [-0.2, 0) is 16.1 Å². The van der Waals surface area contributed by atoms with E-state index in [-0.39, 0.29) is 12.2 Å². The molecule has 1 aromatic carbocycles. The smallest absolute Gasteiger partial charge is 0.387 e. The zero-order valence-electron chi connectivity index (χ0n) is 13.6. The van der Waals surface area contributed by atoms with Crippen LogP contribution in [-0.4, -0.2) is 29.5 Å². The number of quaternary nitrogens is 1. The van der Waals surface area contributed by atoms with Gasteiger partial charge in [-0.1, -0.05) is 6.07 Å². The Morgan fingerprint density at radius 1 is 1.23 bits per heavy atom. The zero-order chi connectivity index (χ0) is 18.9. The van der Waals surface area contributed by atoms with E-state index in [0.29, 0.717) is 12.2 Å². The molecule has 2 aromatic rings. The zero-order valence-corrected chi connectivity index (χ0v) is 13.6. The minimum atomic E-state index is -2.94. The normalized spacial score (nSPS) is 11.8. The van der Waals surface area contributed by atoms with Crippen LogP contribution in [0.2, 0.25) is 0 Å². The summed E-state index contributed by atoms with van der Waals surface area (Å²) in [6.45, 7) is -2.60. The number of aliphatic carboxylic acids is 1. The van der Waals surface area contributed by atoms with Crippen molar-refractivity contribution in [2.45, 2.75) is 25.6 Å². The summed E-state index contributed by atoms with van der Waals surface area (Å²) in [7, 11) is 0. The summed E-state index contributed by atoms with van der Waals surface area (Å²) in [6.07, 6.45) is 2.90. The maximum absolute atomic E-state index is 12.1. The van der Waals surface area contributed by atoms with Gasteiger partial charge in [0.05, 0.1) is 12.4 Å². The Kier molecular flexibility index (Phi) is 6.98. The van der Waals surface area contributed by atoms with E-state index in [1.807, 2.05) is 0 Å². The fraction of sp³-hybridized carbons (Fsp3) is 0.235. The first-order valence-corrected chi connectivity index (χ1v) is 7.72. The van der Waals surface area contributed by atoms with Gasteiger partial charge in [0, 0.05) is 23.6 Å². The number of ether oxygens (including phenoxy) is 1. The summed E-state index contributed by atoms with van der Waals surface area (Å²) < 4.78 is 28.4. The lowest BCUT2D eigenvalue weighted by Crippen LogP contribution is -2.92. The van der Waals surface area contributed by atoms with Crippen molar-refractivity contribution in [1.29, 1.82) is 0 Å². The van der Waals surface area contributed by atoms with E-state index in [1.54, 1.807) is 24.5 Å². The maximum atomic E-state index is 12.1. The second-order valence-corrected chi connectivity index (χ2v) is 5.38. The Morgan fingerprint density at radius 2 is 1.96 bits per heavy atom. The summed E-state index contributed by atoms with van der Waals surface area (Å²) >= 11 is 0. The first-order chi connectivity index (χ1) is 12.4. The van der Waals surface area contributed by atoms with Gasteiger partial charge >= 0.3 is 6.61 Å². The van der Waals surface area contributed by atoms with E-state index in [2.05, 4.69) is 15.0 Å². The highest BCUT2D eigenvalue weighted by Crippen LogP contribution is 2.17. The number of benzene rings is 1. The number of carboxylic acids is 1. The van der Waals surface area contributed by atoms with Crippen molar-refractivity contribution < 1.29 is 33.5 Å². The van der Waals surface area contributed by atoms with Crippen molar-refractivity contribution in [1.82, 2.24) is 4.98 Å².